The van der Waals surface area contributed by atoms with Crippen LogP contribution in [0, 0.1) is 26.7 Å². The first-order valence-corrected chi connectivity index (χ1v) is 7.10. The zero-order valence-electron chi connectivity index (χ0n) is 12.2. The molecule has 1 fully saturated rings. The van der Waals surface area contributed by atoms with Gasteiger partial charge in [-0.1, -0.05) is 17.7 Å². The summed E-state index contributed by atoms with van der Waals surface area (Å²) in [5, 5.41) is 0. The van der Waals surface area contributed by atoms with Crippen LogP contribution >= 0.6 is 0 Å². The van der Waals surface area contributed by atoms with E-state index in [9.17, 15) is 4.79 Å². The van der Waals surface area contributed by atoms with Crippen LogP contribution in [0.3, 0.4) is 0 Å². The second-order valence-corrected chi connectivity index (χ2v) is 5.74. The molecule has 2 rings (SSSR count). The maximum Gasteiger partial charge on any atom is 0.254 e. The fourth-order valence-corrected chi connectivity index (χ4v) is 3.05. The van der Waals surface area contributed by atoms with E-state index >= 15 is 0 Å². The van der Waals surface area contributed by atoms with Crippen LogP contribution in [0.4, 0.5) is 0 Å². The molecular formula is C16H24N2O. The number of hydrogen-bond acceptors (Lipinski definition) is 2. The lowest BCUT2D eigenvalue weighted by Crippen LogP contribution is -2.40. The Hall–Kier alpha value is -1.35. The molecule has 1 saturated heterocycles. The summed E-state index contributed by atoms with van der Waals surface area (Å²) in [7, 11) is 0. The predicted octanol–water partition coefficient (Wildman–Crippen LogP) is 2.42. The molecule has 2 N–H and O–H groups in total. The van der Waals surface area contributed by atoms with Crippen molar-refractivity contribution < 1.29 is 4.79 Å². The smallest absolute Gasteiger partial charge is 0.254 e. The normalized spacial score (nSPS) is 16.7. The van der Waals surface area contributed by atoms with E-state index in [1.165, 1.54) is 5.56 Å². The number of likely N-dealkylation sites (tertiary alicyclic amines) is 1. The van der Waals surface area contributed by atoms with Crippen LogP contribution in [-0.4, -0.2) is 30.4 Å². The number of hydrogen-bond donors (Lipinski definition) is 1. The van der Waals surface area contributed by atoms with Gasteiger partial charge in [0.15, 0.2) is 0 Å². The topological polar surface area (TPSA) is 46.3 Å². The second kappa shape index (κ2) is 5.74. The largest absolute Gasteiger partial charge is 0.339 e. The van der Waals surface area contributed by atoms with Crippen LogP contribution in [0.5, 0.6) is 0 Å². The Morgan fingerprint density at radius 2 is 1.74 bits per heavy atom. The monoisotopic (exact) mass is 260 g/mol. The van der Waals surface area contributed by atoms with E-state index in [4.69, 9.17) is 5.73 Å². The summed E-state index contributed by atoms with van der Waals surface area (Å²) in [6.07, 6.45) is 2.07. The van der Waals surface area contributed by atoms with Gasteiger partial charge in [0, 0.05) is 18.7 Å². The van der Waals surface area contributed by atoms with E-state index < -0.39 is 0 Å². The maximum absolute atomic E-state index is 12.6. The Balaban J connectivity index is 2.17. The molecule has 1 aromatic carbocycles. The van der Waals surface area contributed by atoms with Gasteiger partial charge in [-0.25, -0.2) is 0 Å². The Morgan fingerprint density at radius 1 is 1.21 bits per heavy atom. The van der Waals surface area contributed by atoms with Crippen LogP contribution < -0.4 is 5.73 Å². The summed E-state index contributed by atoms with van der Waals surface area (Å²) in [5.74, 6) is 0.773. The summed E-state index contributed by atoms with van der Waals surface area (Å²) in [6.45, 7) is 8.55. The molecule has 1 aliphatic heterocycles. The van der Waals surface area contributed by atoms with Crippen LogP contribution in [0.25, 0.3) is 0 Å². The van der Waals surface area contributed by atoms with Gasteiger partial charge < -0.3 is 10.6 Å². The molecule has 0 spiro atoms. The average molecular weight is 260 g/mol. The van der Waals surface area contributed by atoms with Crippen LogP contribution in [0.2, 0.25) is 0 Å². The van der Waals surface area contributed by atoms with E-state index in [2.05, 4.69) is 19.1 Å². The highest BCUT2D eigenvalue weighted by atomic mass is 16.2. The number of rotatable bonds is 2. The molecule has 0 saturated carbocycles. The molecule has 3 nitrogen and oxygen atoms in total. The summed E-state index contributed by atoms with van der Waals surface area (Å²) in [4.78, 5) is 14.6. The van der Waals surface area contributed by atoms with Crippen LogP contribution in [0.1, 0.15) is 39.9 Å². The molecule has 1 aromatic rings. The number of nitrogens with zero attached hydrogens (tertiary/aromatic N) is 1. The lowest BCUT2D eigenvalue weighted by molar-refractivity contribution is 0.0692. The summed E-state index contributed by atoms with van der Waals surface area (Å²) in [5.41, 5.74) is 9.97. The van der Waals surface area contributed by atoms with E-state index in [1.54, 1.807) is 0 Å². The minimum absolute atomic E-state index is 0.186. The van der Waals surface area contributed by atoms with Crippen molar-refractivity contribution in [3.05, 3.63) is 34.4 Å². The van der Waals surface area contributed by atoms with E-state index in [-0.39, 0.29) is 5.91 Å². The molecular weight excluding hydrogens is 236 g/mol. The number of carbonyl (C=O) groups is 1. The van der Waals surface area contributed by atoms with Crippen LogP contribution in [0.15, 0.2) is 12.1 Å². The SMILES string of the molecule is Cc1cc(C)c(C(=O)N2CCC(CN)CC2)c(C)c1. The van der Waals surface area contributed by atoms with Gasteiger partial charge in [0.1, 0.15) is 0 Å². The standard InChI is InChI=1S/C16H24N2O/c1-11-8-12(2)15(13(3)9-11)16(19)18-6-4-14(10-17)5-7-18/h8-9,14H,4-7,10,17H2,1-3H3. The number of benzene rings is 1. The molecule has 0 aromatic heterocycles. The summed E-state index contributed by atoms with van der Waals surface area (Å²) in [6, 6.07) is 4.18. The average Bonchev–Trinajstić information content (AvgIpc) is 2.37. The highest BCUT2D eigenvalue weighted by Gasteiger charge is 2.24. The van der Waals surface area contributed by atoms with Gasteiger partial charge in [0.2, 0.25) is 0 Å². The number of piperidine rings is 1. The number of nitrogens with two attached hydrogens (primary N) is 1. The maximum atomic E-state index is 12.6. The Morgan fingerprint density at radius 3 is 2.21 bits per heavy atom. The molecule has 3 heteroatoms. The third-order valence-corrected chi connectivity index (χ3v) is 4.13. The molecule has 1 aliphatic rings. The van der Waals surface area contributed by atoms with Gasteiger partial charge in [0.25, 0.3) is 5.91 Å². The lowest BCUT2D eigenvalue weighted by atomic mass is 9.94. The van der Waals surface area contributed by atoms with E-state index in [0.717, 1.165) is 49.2 Å². The third-order valence-electron chi connectivity index (χ3n) is 4.13. The molecule has 1 amide bonds. The molecule has 0 bridgehead atoms. The lowest BCUT2D eigenvalue weighted by Gasteiger charge is -2.32. The molecule has 1 heterocycles. The van der Waals surface area contributed by atoms with Crippen molar-refractivity contribution >= 4 is 5.91 Å². The minimum Gasteiger partial charge on any atom is -0.339 e. The van der Waals surface area contributed by atoms with Gasteiger partial charge in [-0.15, -0.1) is 0 Å². The zero-order valence-corrected chi connectivity index (χ0v) is 12.2. The molecule has 0 radical (unpaired) electrons. The fourth-order valence-electron chi connectivity index (χ4n) is 3.05. The van der Waals surface area contributed by atoms with Crippen molar-refractivity contribution in [2.75, 3.05) is 19.6 Å². The van der Waals surface area contributed by atoms with Crippen molar-refractivity contribution in [1.82, 2.24) is 4.90 Å². The fraction of sp³-hybridized carbons (Fsp3) is 0.562. The van der Waals surface area contributed by atoms with E-state index in [0.29, 0.717) is 5.92 Å². The number of carbonyl (C=O) groups excluding carboxylic acids is 1. The first-order valence-electron chi connectivity index (χ1n) is 7.10. The highest BCUT2D eigenvalue weighted by molar-refractivity contribution is 5.97. The van der Waals surface area contributed by atoms with Crippen molar-refractivity contribution in [2.45, 2.75) is 33.6 Å². The number of aryl methyl sites for hydroxylation is 3. The minimum atomic E-state index is 0.186. The molecule has 104 valence electrons. The zero-order chi connectivity index (χ0) is 14.0. The van der Waals surface area contributed by atoms with Crippen molar-refractivity contribution in [3.63, 3.8) is 0 Å². The van der Waals surface area contributed by atoms with Crippen LogP contribution in [-0.2, 0) is 0 Å². The Kier molecular flexibility index (Phi) is 4.25. The molecule has 19 heavy (non-hydrogen) atoms. The molecule has 0 aliphatic carbocycles. The Bertz CT molecular complexity index is 451. The van der Waals surface area contributed by atoms with Gasteiger partial charge >= 0.3 is 0 Å². The van der Waals surface area contributed by atoms with Gasteiger partial charge in [-0.2, -0.15) is 0 Å². The summed E-state index contributed by atoms with van der Waals surface area (Å²) >= 11 is 0. The van der Waals surface area contributed by atoms with Gasteiger partial charge in [-0.05, 0) is 57.2 Å². The van der Waals surface area contributed by atoms with Crippen molar-refractivity contribution in [3.8, 4) is 0 Å². The first-order chi connectivity index (χ1) is 9.02. The number of amides is 1. The predicted molar refractivity (Wildman–Crippen MR) is 78.3 cm³/mol. The third kappa shape index (κ3) is 2.98. The first kappa shape index (κ1) is 14.1. The quantitative estimate of drug-likeness (QED) is 0.887. The second-order valence-electron chi connectivity index (χ2n) is 5.74. The molecule has 0 atom stereocenters. The van der Waals surface area contributed by atoms with Crippen molar-refractivity contribution in [2.24, 2.45) is 11.7 Å². The highest BCUT2D eigenvalue weighted by Crippen LogP contribution is 2.22. The molecule has 0 unspecified atom stereocenters. The van der Waals surface area contributed by atoms with Gasteiger partial charge in [-0.3, -0.25) is 4.79 Å². The van der Waals surface area contributed by atoms with Gasteiger partial charge in [0.05, 0.1) is 0 Å². The Labute approximate surface area is 115 Å². The van der Waals surface area contributed by atoms with E-state index in [1.807, 2.05) is 18.7 Å². The van der Waals surface area contributed by atoms with Crippen molar-refractivity contribution in [1.29, 1.82) is 0 Å². The summed E-state index contributed by atoms with van der Waals surface area (Å²) < 4.78 is 0.